The molecular weight excluding hydrogens is 583 g/mol. The summed E-state index contributed by atoms with van der Waals surface area (Å²) < 4.78 is 40.3. The normalized spacial score (nSPS) is 13.3. The lowest BCUT2D eigenvalue weighted by molar-refractivity contribution is -0.137. The van der Waals surface area contributed by atoms with Crippen molar-refractivity contribution in [3.63, 3.8) is 0 Å². The average molecular weight is 612 g/mol. The molecule has 4 N–H and O–H groups in total. The summed E-state index contributed by atoms with van der Waals surface area (Å²) in [6, 6.07) is 16.3. The Labute approximate surface area is 251 Å². The SMILES string of the molecule is CN/N=N\C(=N)NC(=O)c1ccc(CN(C(=O)Nc2cccc(C(F)(F)F)c2Cl)c2ccc(C3=CCCCC3)cc2)cc1. The molecule has 0 atom stereocenters. The van der Waals surface area contributed by atoms with E-state index in [1.165, 1.54) is 41.8 Å². The second-order valence-electron chi connectivity index (χ2n) is 9.63. The Morgan fingerprint density at radius 3 is 2.37 bits per heavy atom. The molecule has 1 aliphatic rings. The number of amides is 3. The number of benzene rings is 3. The number of anilines is 2. The molecule has 0 radical (unpaired) electrons. The zero-order chi connectivity index (χ0) is 31.0. The van der Waals surface area contributed by atoms with Crippen LogP contribution in [0.1, 0.15) is 52.7 Å². The van der Waals surface area contributed by atoms with Gasteiger partial charge < -0.3 is 5.32 Å². The monoisotopic (exact) mass is 611 g/mol. The summed E-state index contributed by atoms with van der Waals surface area (Å²) in [5, 5.41) is 18.7. The van der Waals surface area contributed by atoms with Crippen molar-refractivity contribution in [3.8, 4) is 0 Å². The third-order valence-electron chi connectivity index (χ3n) is 6.67. The zero-order valence-electron chi connectivity index (χ0n) is 23.1. The van der Waals surface area contributed by atoms with Gasteiger partial charge in [0.05, 0.1) is 22.8 Å². The third kappa shape index (κ3) is 8.19. The molecule has 3 amide bonds. The minimum Gasteiger partial charge on any atom is -0.306 e. The number of nitrogens with zero attached hydrogens (tertiary/aromatic N) is 3. The van der Waals surface area contributed by atoms with Crippen molar-refractivity contribution in [1.82, 2.24) is 10.7 Å². The van der Waals surface area contributed by atoms with E-state index in [1.807, 2.05) is 12.1 Å². The fraction of sp³-hybridized carbons (Fsp3) is 0.233. The number of guanidine groups is 1. The van der Waals surface area contributed by atoms with Crippen molar-refractivity contribution >= 4 is 46.4 Å². The minimum absolute atomic E-state index is 0.0263. The summed E-state index contributed by atoms with van der Waals surface area (Å²) in [5.41, 5.74) is 4.79. The molecule has 0 unspecified atom stereocenters. The Kier molecular flexibility index (Phi) is 10.1. The number of halogens is 4. The molecule has 3 aromatic carbocycles. The molecule has 0 saturated carbocycles. The fourth-order valence-corrected chi connectivity index (χ4v) is 4.80. The van der Waals surface area contributed by atoms with Gasteiger partial charge in [-0.2, -0.15) is 13.2 Å². The quantitative estimate of drug-likeness (QED) is 0.0943. The maximum absolute atomic E-state index is 13.6. The van der Waals surface area contributed by atoms with Crippen LogP contribution >= 0.6 is 11.6 Å². The van der Waals surface area contributed by atoms with Crippen LogP contribution in [0.15, 0.2) is 83.1 Å². The van der Waals surface area contributed by atoms with Crippen LogP contribution in [0, 0.1) is 5.41 Å². The van der Waals surface area contributed by atoms with Gasteiger partial charge in [0.15, 0.2) is 0 Å². The zero-order valence-corrected chi connectivity index (χ0v) is 23.9. The first-order valence-electron chi connectivity index (χ1n) is 13.4. The molecule has 0 bridgehead atoms. The van der Waals surface area contributed by atoms with Gasteiger partial charge in [-0.15, -0.1) is 0 Å². The maximum atomic E-state index is 13.6. The number of urea groups is 1. The molecule has 0 aliphatic heterocycles. The third-order valence-corrected chi connectivity index (χ3v) is 7.08. The van der Waals surface area contributed by atoms with Gasteiger partial charge in [-0.3, -0.25) is 25.8 Å². The van der Waals surface area contributed by atoms with E-state index in [0.29, 0.717) is 11.3 Å². The number of allylic oxidation sites excluding steroid dienone is 2. The predicted octanol–water partition coefficient (Wildman–Crippen LogP) is 7.81. The molecule has 0 saturated heterocycles. The van der Waals surface area contributed by atoms with Gasteiger partial charge in [-0.25, -0.2) is 4.79 Å². The Bertz CT molecular complexity index is 1540. The number of nitrogens with one attached hydrogen (secondary N) is 4. The van der Waals surface area contributed by atoms with E-state index in [9.17, 15) is 22.8 Å². The topological polar surface area (TPSA) is 122 Å². The highest BCUT2D eigenvalue weighted by atomic mass is 35.5. The summed E-state index contributed by atoms with van der Waals surface area (Å²) in [5.74, 6) is -1.03. The molecule has 224 valence electrons. The van der Waals surface area contributed by atoms with Gasteiger partial charge in [0, 0.05) is 18.3 Å². The second kappa shape index (κ2) is 14.0. The van der Waals surface area contributed by atoms with Gasteiger partial charge in [0.25, 0.3) is 5.91 Å². The first-order chi connectivity index (χ1) is 20.6. The van der Waals surface area contributed by atoms with Crippen molar-refractivity contribution in [2.45, 2.75) is 38.4 Å². The van der Waals surface area contributed by atoms with E-state index in [1.54, 1.807) is 24.3 Å². The highest BCUT2D eigenvalue weighted by Gasteiger charge is 2.34. The van der Waals surface area contributed by atoms with Crippen molar-refractivity contribution in [1.29, 1.82) is 5.41 Å². The first kappa shape index (κ1) is 31.2. The number of hydrogen-bond donors (Lipinski definition) is 4. The lowest BCUT2D eigenvalue weighted by Gasteiger charge is -2.25. The molecule has 3 aromatic rings. The lowest BCUT2D eigenvalue weighted by atomic mass is 9.93. The maximum Gasteiger partial charge on any atom is 0.417 e. The van der Waals surface area contributed by atoms with E-state index in [4.69, 9.17) is 17.0 Å². The highest BCUT2D eigenvalue weighted by molar-refractivity contribution is 6.34. The van der Waals surface area contributed by atoms with E-state index in [0.717, 1.165) is 37.3 Å². The molecule has 0 spiro atoms. The Hall–Kier alpha value is -4.71. The number of rotatable bonds is 7. The molecule has 43 heavy (non-hydrogen) atoms. The number of alkyl halides is 3. The molecule has 13 heteroatoms. The summed E-state index contributed by atoms with van der Waals surface area (Å²) in [7, 11) is 1.50. The van der Waals surface area contributed by atoms with Crippen LogP contribution in [-0.2, 0) is 12.7 Å². The van der Waals surface area contributed by atoms with Crippen molar-refractivity contribution in [2.75, 3.05) is 17.3 Å². The van der Waals surface area contributed by atoms with Gasteiger partial charge in [0.1, 0.15) is 0 Å². The van der Waals surface area contributed by atoms with Crippen LogP contribution in [0.5, 0.6) is 0 Å². The van der Waals surface area contributed by atoms with Gasteiger partial charge in [-0.05, 0) is 78.8 Å². The number of carbonyl (C=O) groups excluding carboxylic acids is 2. The van der Waals surface area contributed by atoms with E-state index in [2.05, 4.69) is 32.5 Å². The molecule has 0 aromatic heterocycles. The summed E-state index contributed by atoms with van der Waals surface area (Å²) in [4.78, 5) is 27.4. The molecule has 1 aliphatic carbocycles. The second-order valence-corrected chi connectivity index (χ2v) is 10.0. The predicted molar refractivity (Wildman–Crippen MR) is 160 cm³/mol. The summed E-state index contributed by atoms with van der Waals surface area (Å²) in [6.45, 7) is 0.0263. The van der Waals surface area contributed by atoms with Crippen molar-refractivity contribution < 1.29 is 22.8 Å². The van der Waals surface area contributed by atoms with Gasteiger partial charge in [0.2, 0.25) is 5.96 Å². The summed E-state index contributed by atoms with van der Waals surface area (Å²) >= 11 is 6.04. The lowest BCUT2D eigenvalue weighted by Crippen LogP contribution is -2.34. The van der Waals surface area contributed by atoms with Crippen molar-refractivity contribution in [3.05, 3.63) is 100 Å². The molecule has 0 fully saturated rings. The minimum atomic E-state index is -4.69. The Morgan fingerprint density at radius 2 is 1.74 bits per heavy atom. The van der Waals surface area contributed by atoms with Crippen LogP contribution in [0.4, 0.5) is 29.3 Å². The van der Waals surface area contributed by atoms with Gasteiger partial charge in [-0.1, -0.05) is 58.3 Å². The highest BCUT2D eigenvalue weighted by Crippen LogP contribution is 2.38. The van der Waals surface area contributed by atoms with Crippen LogP contribution in [0.3, 0.4) is 0 Å². The summed E-state index contributed by atoms with van der Waals surface area (Å²) in [6.07, 6.45) is 1.76. The van der Waals surface area contributed by atoms with Gasteiger partial charge >= 0.3 is 12.2 Å². The van der Waals surface area contributed by atoms with Crippen LogP contribution < -0.4 is 21.0 Å². The largest absolute Gasteiger partial charge is 0.417 e. The number of carbonyl (C=O) groups is 2. The van der Waals surface area contributed by atoms with Crippen molar-refractivity contribution in [2.24, 2.45) is 10.3 Å². The van der Waals surface area contributed by atoms with E-state index >= 15 is 0 Å². The average Bonchev–Trinajstić information content (AvgIpc) is 3.00. The van der Waals surface area contributed by atoms with Crippen LogP contribution in [0.25, 0.3) is 5.57 Å². The van der Waals surface area contributed by atoms with E-state index < -0.39 is 34.7 Å². The molecule has 0 heterocycles. The van der Waals surface area contributed by atoms with Crippen LogP contribution in [0.2, 0.25) is 5.02 Å². The smallest absolute Gasteiger partial charge is 0.306 e. The first-order valence-corrected chi connectivity index (χ1v) is 13.7. The molecule has 4 rings (SSSR count). The number of hydrogen-bond acceptors (Lipinski definition) is 4. The molecular formula is C30H29ClF3N7O2. The van der Waals surface area contributed by atoms with E-state index in [-0.39, 0.29) is 17.8 Å². The Balaban J connectivity index is 1.59. The van der Waals surface area contributed by atoms with Crippen LogP contribution in [-0.4, -0.2) is 24.9 Å². The molecule has 9 nitrogen and oxygen atoms in total. The standard InChI is InChI=1S/C30H29ClF3N7O2/c1-36-40-39-28(35)38-27(42)22-12-10-19(11-13-22)18-41(23-16-14-21(15-17-23)20-6-3-2-4-7-20)29(43)37-25-9-5-8-24(26(25)31)30(32,33)34/h5-6,8-17H,2-4,7,18H2,1H3,(H,37,43)(H3,35,36,38,39,42). The fourth-order valence-electron chi connectivity index (χ4n) is 4.52. The Morgan fingerprint density at radius 1 is 1.02 bits per heavy atom.